The maximum atomic E-state index is 13.1. The van der Waals surface area contributed by atoms with Crippen LogP contribution in [0.2, 0.25) is 0 Å². The van der Waals surface area contributed by atoms with Gasteiger partial charge < -0.3 is 9.64 Å². The molecule has 0 spiro atoms. The summed E-state index contributed by atoms with van der Waals surface area (Å²) in [6.07, 6.45) is 1.72. The molecule has 0 unspecified atom stereocenters. The minimum Gasteiger partial charge on any atom is -0.488 e. The molecule has 4 rings (SSSR count). The SMILES string of the molecule is Cc1ccc(S(=O)(=O)NC[C@H]2CCCN(C(=O)c3cccc(OCc4cccs4)c3)C2)cc1. The molecule has 1 aliphatic rings. The van der Waals surface area contributed by atoms with Crippen LogP contribution in [0.5, 0.6) is 5.75 Å². The molecular weight excluding hydrogens is 456 g/mol. The van der Waals surface area contributed by atoms with Gasteiger partial charge in [0.2, 0.25) is 10.0 Å². The Morgan fingerprint density at radius 2 is 1.97 bits per heavy atom. The number of benzene rings is 2. The number of carbonyl (C=O) groups excluding carboxylic acids is 1. The summed E-state index contributed by atoms with van der Waals surface area (Å²) in [6.45, 7) is 3.89. The van der Waals surface area contributed by atoms with Gasteiger partial charge in [0, 0.05) is 30.1 Å². The fourth-order valence-corrected chi connectivity index (χ4v) is 5.63. The Hall–Kier alpha value is -2.68. The van der Waals surface area contributed by atoms with E-state index in [-0.39, 0.29) is 16.7 Å². The maximum absolute atomic E-state index is 13.1. The number of rotatable bonds is 8. The zero-order valence-electron chi connectivity index (χ0n) is 18.6. The predicted octanol–water partition coefficient (Wildman–Crippen LogP) is 4.47. The van der Waals surface area contributed by atoms with E-state index in [4.69, 9.17) is 4.74 Å². The first kappa shape index (κ1) is 23.5. The van der Waals surface area contributed by atoms with E-state index in [1.165, 1.54) is 0 Å². The minimum absolute atomic E-state index is 0.0531. The molecule has 174 valence electrons. The summed E-state index contributed by atoms with van der Waals surface area (Å²) in [4.78, 5) is 16.3. The Bertz CT molecular complexity index is 1180. The smallest absolute Gasteiger partial charge is 0.253 e. The number of carbonyl (C=O) groups is 1. The molecule has 2 aromatic carbocycles. The second-order valence-corrected chi connectivity index (χ2v) is 11.1. The van der Waals surface area contributed by atoms with E-state index in [1.807, 2.05) is 41.5 Å². The van der Waals surface area contributed by atoms with Crippen LogP contribution in [0.3, 0.4) is 0 Å². The normalized spacial score (nSPS) is 16.5. The molecule has 3 aromatic rings. The van der Waals surface area contributed by atoms with Gasteiger partial charge in [0.1, 0.15) is 12.4 Å². The number of piperidine rings is 1. The van der Waals surface area contributed by atoms with Crippen LogP contribution < -0.4 is 9.46 Å². The Morgan fingerprint density at radius 1 is 1.15 bits per heavy atom. The van der Waals surface area contributed by atoms with Crippen molar-refractivity contribution in [1.82, 2.24) is 9.62 Å². The first-order chi connectivity index (χ1) is 15.9. The highest BCUT2D eigenvalue weighted by atomic mass is 32.2. The standard InChI is InChI=1S/C25H28N2O4S2/c1-19-9-11-24(12-10-19)33(29,30)26-16-20-5-3-13-27(17-20)25(28)21-6-2-7-22(15-21)31-18-23-8-4-14-32-23/h2,4,6-12,14-15,20,26H,3,5,13,16-18H2,1H3/t20-/m1/s1. The molecule has 0 radical (unpaired) electrons. The molecule has 2 heterocycles. The van der Waals surface area contributed by atoms with Gasteiger partial charge in [-0.15, -0.1) is 11.3 Å². The molecule has 1 fully saturated rings. The number of hydrogen-bond donors (Lipinski definition) is 1. The van der Waals surface area contributed by atoms with Crippen LogP contribution in [-0.2, 0) is 16.6 Å². The molecule has 1 saturated heterocycles. The fraction of sp³-hybridized carbons (Fsp3) is 0.320. The molecular formula is C25H28N2O4S2. The van der Waals surface area contributed by atoms with Crippen LogP contribution >= 0.6 is 11.3 Å². The Labute approximate surface area is 199 Å². The summed E-state index contributed by atoms with van der Waals surface area (Å²) in [7, 11) is -3.57. The summed E-state index contributed by atoms with van der Waals surface area (Å²) in [5.74, 6) is 0.678. The van der Waals surface area contributed by atoms with Crippen molar-refractivity contribution in [1.29, 1.82) is 0 Å². The summed E-state index contributed by atoms with van der Waals surface area (Å²) in [5.41, 5.74) is 1.59. The number of sulfonamides is 1. The lowest BCUT2D eigenvalue weighted by Gasteiger charge is -2.33. The van der Waals surface area contributed by atoms with E-state index in [0.717, 1.165) is 23.3 Å². The van der Waals surface area contributed by atoms with E-state index in [0.29, 0.717) is 37.6 Å². The van der Waals surface area contributed by atoms with Crippen molar-refractivity contribution in [2.45, 2.75) is 31.3 Å². The molecule has 1 aromatic heterocycles. The van der Waals surface area contributed by atoms with Crippen LogP contribution in [0.4, 0.5) is 0 Å². The Morgan fingerprint density at radius 3 is 2.73 bits per heavy atom. The minimum atomic E-state index is -3.57. The number of hydrogen-bond acceptors (Lipinski definition) is 5. The zero-order chi connectivity index (χ0) is 23.3. The molecule has 1 atom stereocenters. The molecule has 0 aliphatic carbocycles. The van der Waals surface area contributed by atoms with Crippen molar-refractivity contribution >= 4 is 27.3 Å². The number of aryl methyl sites for hydroxylation is 1. The van der Waals surface area contributed by atoms with Gasteiger partial charge in [0.05, 0.1) is 4.90 Å². The second-order valence-electron chi connectivity index (χ2n) is 8.32. The van der Waals surface area contributed by atoms with Gasteiger partial charge >= 0.3 is 0 Å². The number of nitrogens with zero attached hydrogens (tertiary/aromatic N) is 1. The highest BCUT2D eigenvalue weighted by Crippen LogP contribution is 2.22. The predicted molar refractivity (Wildman–Crippen MR) is 130 cm³/mol. The summed E-state index contributed by atoms with van der Waals surface area (Å²) >= 11 is 1.63. The van der Waals surface area contributed by atoms with Crippen LogP contribution in [0.1, 0.15) is 33.6 Å². The average molecular weight is 485 g/mol. The lowest BCUT2D eigenvalue weighted by atomic mass is 9.97. The van der Waals surface area contributed by atoms with Crippen molar-refractivity contribution in [3.8, 4) is 5.75 Å². The monoisotopic (exact) mass is 484 g/mol. The van der Waals surface area contributed by atoms with E-state index in [1.54, 1.807) is 47.7 Å². The van der Waals surface area contributed by atoms with Gasteiger partial charge in [0.25, 0.3) is 5.91 Å². The highest BCUT2D eigenvalue weighted by molar-refractivity contribution is 7.89. The van der Waals surface area contributed by atoms with Crippen molar-refractivity contribution in [2.24, 2.45) is 5.92 Å². The van der Waals surface area contributed by atoms with E-state index in [9.17, 15) is 13.2 Å². The number of ether oxygens (including phenoxy) is 1. The van der Waals surface area contributed by atoms with Crippen molar-refractivity contribution in [2.75, 3.05) is 19.6 Å². The summed E-state index contributed by atoms with van der Waals surface area (Å²) < 4.78 is 33.8. The number of likely N-dealkylation sites (tertiary alicyclic amines) is 1. The van der Waals surface area contributed by atoms with Crippen molar-refractivity contribution < 1.29 is 17.9 Å². The van der Waals surface area contributed by atoms with Crippen LogP contribution in [-0.4, -0.2) is 38.9 Å². The third-order valence-corrected chi connectivity index (χ3v) is 8.03. The van der Waals surface area contributed by atoms with Gasteiger partial charge in [-0.3, -0.25) is 4.79 Å². The molecule has 0 bridgehead atoms. The average Bonchev–Trinajstić information content (AvgIpc) is 3.35. The number of amides is 1. The lowest BCUT2D eigenvalue weighted by molar-refractivity contribution is 0.0676. The number of nitrogens with one attached hydrogen (secondary N) is 1. The zero-order valence-corrected chi connectivity index (χ0v) is 20.2. The molecule has 8 heteroatoms. The quantitative estimate of drug-likeness (QED) is 0.512. The van der Waals surface area contributed by atoms with Crippen molar-refractivity contribution in [3.63, 3.8) is 0 Å². The highest BCUT2D eigenvalue weighted by Gasteiger charge is 2.26. The van der Waals surface area contributed by atoms with Crippen LogP contribution in [0, 0.1) is 12.8 Å². The van der Waals surface area contributed by atoms with Gasteiger partial charge in [-0.1, -0.05) is 29.8 Å². The van der Waals surface area contributed by atoms with Crippen molar-refractivity contribution in [3.05, 3.63) is 82.0 Å². The topological polar surface area (TPSA) is 75.7 Å². The number of thiophene rings is 1. The van der Waals surface area contributed by atoms with Gasteiger partial charge in [0.15, 0.2) is 0 Å². The summed E-state index contributed by atoms with van der Waals surface area (Å²) in [6, 6.07) is 18.0. The molecule has 1 amide bonds. The fourth-order valence-electron chi connectivity index (χ4n) is 3.90. The van der Waals surface area contributed by atoms with E-state index >= 15 is 0 Å². The van der Waals surface area contributed by atoms with E-state index < -0.39 is 10.0 Å². The third kappa shape index (κ3) is 6.22. The maximum Gasteiger partial charge on any atom is 0.253 e. The van der Waals surface area contributed by atoms with E-state index in [2.05, 4.69) is 4.72 Å². The second kappa shape index (κ2) is 10.5. The Kier molecular flexibility index (Phi) is 7.47. The van der Waals surface area contributed by atoms with Crippen LogP contribution in [0.25, 0.3) is 0 Å². The molecule has 1 N–H and O–H groups in total. The first-order valence-electron chi connectivity index (χ1n) is 11.0. The Balaban J connectivity index is 1.34. The molecule has 1 aliphatic heterocycles. The van der Waals surface area contributed by atoms with Gasteiger partial charge in [-0.05, 0) is 67.5 Å². The molecule has 33 heavy (non-hydrogen) atoms. The molecule has 0 saturated carbocycles. The largest absolute Gasteiger partial charge is 0.488 e. The third-order valence-electron chi connectivity index (χ3n) is 5.74. The first-order valence-corrected chi connectivity index (χ1v) is 13.4. The summed E-state index contributed by atoms with van der Waals surface area (Å²) in [5, 5.41) is 2.01. The van der Waals surface area contributed by atoms with Gasteiger partial charge in [-0.2, -0.15) is 0 Å². The van der Waals surface area contributed by atoms with Gasteiger partial charge in [-0.25, -0.2) is 13.1 Å². The molecule has 6 nitrogen and oxygen atoms in total. The van der Waals surface area contributed by atoms with Crippen LogP contribution in [0.15, 0.2) is 70.9 Å². The lowest BCUT2D eigenvalue weighted by Crippen LogP contribution is -2.43.